The molecule has 0 atom stereocenters. The number of benzene rings is 2. The fourth-order valence-electron chi connectivity index (χ4n) is 3.83. The molecule has 1 aliphatic rings. The second-order valence-corrected chi connectivity index (χ2v) is 7.64. The molecule has 0 amide bonds. The molecular weight excluding hydrogens is 356 g/mol. The van der Waals surface area contributed by atoms with E-state index in [4.69, 9.17) is 0 Å². The Morgan fingerprint density at radius 2 is 1.70 bits per heavy atom. The van der Waals surface area contributed by atoms with Crippen LogP contribution in [0.5, 0.6) is 0 Å². The molecule has 0 unspecified atom stereocenters. The highest BCUT2D eigenvalue weighted by atomic mass is 32.1. The Morgan fingerprint density at radius 1 is 1.07 bits per heavy atom. The van der Waals surface area contributed by atoms with E-state index in [1.54, 1.807) is 6.07 Å². The van der Waals surface area contributed by atoms with Crippen LogP contribution in [0.1, 0.15) is 29.8 Å². The van der Waals surface area contributed by atoms with E-state index in [9.17, 15) is 4.79 Å². The van der Waals surface area contributed by atoms with Gasteiger partial charge in [-0.15, -0.1) is 5.10 Å². The summed E-state index contributed by atoms with van der Waals surface area (Å²) in [6.07, 6.45) is 0.734. The molecule has 134 valence electrons. The highest BCUT2D eigenvalue weighted by molar-refractivity contribution is 7.20. The van der Waals surface area contributed by atoms with E-state index >= 15 is 0 Å². The third kappa shape index (κ3) is 2.40. The van der Waals surface area contributed by atoms with Crippen molar-refractivity contribution in [1.82, 2.24) is 14.6 Å². The Bertz CT molecular complexity index is 1180. The molecule has 1 aliphatic carbocycles. The van der Waals surface area contributed by atoms with Crippen molar-refractivity contribution in [3.8, 4) is 11.1 Å². The first kappa shape index (κ1) is 16.2. The van der Waals surface area contributed by atoms with E-state index in [2.05, 4.69) is 63.5 Å². The van der Waals surface area contributed by atoms with Crippen LogP contribution in [0.25, 0.3) is 16.1 Å². The fourth-order valence-corrected chi connectivity index (χ4v) is 4.74. The summed E-state index contributed by atoms with van der Waals surface area (Å²) in [5.41, 5.74) is 5.71. The average Bonchev–Trinajstić information content (AvgIpc) is 3.27. The zero-order valence-corrected chi connectivity index (χ0v) is 15.9. The first-order valence-electron chi connectivity index (χ1n) is 8.98. The average molecular weight is 374 g/mol. The van der Waals surface area contributed by atoms with Crippen LogP contribution in [-0.4, -0.2) is 21.6 Å². The van der Waals surface area contributed by atoms with Crippen molar-refractivity contribution in [2.45, 2.75) is 19.4 Å². The van der Waals surface area contributed by atoms with Crippen molar-refractivity contribution in [3.05, 3.63) is 81.8 Å². The molecule has 4 aromatic rings. The van der Waals surface area contributed by atoms with Gasteiger partial charge in [-0.05, 0) is 28.7 Å². The minimum atomic E-state index is -0.125. The molecule has 5 rings (SSSR count). The van der Waals surface area contributed by atoms with Crippen molar-refractivity contribution < 1.29 is 0 Å². The molecule has 2 heterocycles. The van der Waals surface area contributed by atoms with Gasteiger partial charge in [0.25, 0.3) is 5.56 Å². The number of rotatable bonds is 3. The molecule has 2 aromatic carbocycles. The van der Waals surface area contributed by atoms with Gasteiger partial charge in [-0.2, -0.15) is 4.52 Å². The van der Waals surface area contributed by atoms with Crippen LogP contribution >= 0.6 is 11.3 Å². The van der Waals surface area contributed by atoms with Crippen molar-refractivity contribution in [2.24, 2.45) is 0 Å². The van der Waals surface area contributed by atoms with Gasteiger partial charge in [0.2, 0.25) is 10.1 Å². The second kappa shape index (κ2) is 6.03. The predicted octanol–water partition coefficient (Wildman–Crippen LogP) is 3.92. The Hall–Kier alpha value is -2.99. The van der Waals surface area contributed by atoms with Crippen molar-refractivity contribution in [3.63, 3.8) is 0 Å². The van der Waals surface area contributed by atoms with Gasteiger partial charge in [0, 0.05) is 18.8 Å². The van der Waals surface area contributed by atoms with Crippen molar-refractivity contribution in [2.75, 3.05) is 11.9 Å². The van der Waals surface area contributed by atoms with E-state index in [0.717, 1.165) is 17.2 Å². The van der Waals surface area contributed by atoms with Crippen LogP contribution in [-0.2, 0) is 6.42 Å². The van der Waals surface area contributed by atoms with Gasteiger partial charge in [0.05, 0.1) is 6.04 Å². The summed E-state index contributed by atoms with van der Waals surface area (Å²) in [5.74, 6) is 0. The summed E-state index contributed by atoms with van der Waals surface area (Å²) in [6, 6.07) is 18.6. The zero-order chi connectivity index (χ0) is 18.5. The van der Waals surface area contributed by atoms with E-state index in [1.165, 1.54) is 38.1 Å². The maximum atomic E-state index is 12.4. The van der Waals surface area contributed by atoms with Gasteiger partial charge in [0.1, 0.15) is 0 Å². The quantitative estimate of drug-likeness (QED) is 0.545. The number of aromatic nitrogens is 3. The number of hydrogen-bond acceptors (Lipinski definition) is 5. The third-order valence-electron chi connectivity index (χ3n) is 5.14. The van der Waals surface area contributed by atoms with Crippen LogP contribution in [0, 0.1) is 0 Å². The van der Waals surface area contributed by atoms with Crippen molar-refractivity contribution in [1.29, 1.82) is 0 Å². The Labute approximate surface area is 160 Å². The summed E-state index contributed by atoms with van der Waals surface area (Å²) >= 11 is 1.45. The molecule has 5 nitrogen and oxygen atoms in total. The molecule has 27 heavy (non-hydrogen) atoms. The minimum Gasteiger partial charge on any atom is -0.339 e. The molecule has 2 aromatic heterocycles. The number of nitrogens with zero attached hydrogens (tertiary/aromatic N) is 4. The lowest BCUT2D eigenvalue weighted by atomic mass is 10.0. The number of anilines is 1. The normalized spacial score (nSPS) is 13.0. The zero-order valence-electron chi connectivity index (χ0n) is 15.1. The van der Waals surface area contributed by atoms with Gasteiger partial charge in [-0.25, -0.2) is 4.98 Å². The monoisotopic (exact) mass is 374 g/mol. The molecule has 0 spiro atoms. The molecular formula is C21H18N4OS. The van der Waals surface area contributed by atoms with Crippen LogP contribution in [0.2, 0.25) is 0 Å². The molecule has 0 aliphatic heterocycles. The van der Waals surface area contributed by atoms with Gasteiger partial charge in [0.15, 0.2) is 0 Å². The predicted molar refractivity (Wildman–Crippen MR) is 109 cm³/mol. The SMILES string of the molecule is CCc1cc(=O)n2nc(N(C)C3c4ccccc4-c4ccccc43)sc2n1. The summed E-state index contributed by atoms with van der Waals surface area (Å²) in [6.45, 7) is 2.00. The lowest BCUT2D eigenvalue weighted by Gasteiger charge is -2.25. The summed E-state index contributed by atoms with van der Waals surface area (Å²) in [5, 5.41) is 5.35. The lowest BCUT2D eigenvalue weighted by molar-refractivity contribution is 0.773. The van der Waals surface area contributed by atoms with E-state index in [-0.39, 0.29) is 11.6 Å². The molecule has 0 fully saturated rings. The van der Waals surface area contributed by atoms with Gasteiger partial charge in [-0.3, -0.25) is 4.79 Å². The van der Waals surface area contributed by atoms with Crippen LogP contribution in [0.4, 0.5) is 5.13 Å². The van der Waals surface area contributed by atoms with Crippen LogP contribution in [0.15, 0.2) is 59.4 Å². The van der Waals surface area contributed by atoms with Gasteiger partial charge in [-0.1, -0.05) is 66.8 Å². The summed E-state index contributed by atoms with van der Waals surface area (Å²) in [4.78, 5) is 19.7. The maximum Gasteiger partial charge on any atom is 0.275 e. The van der Waals surface area contributed by atoms with E-state index < -0.39 is 0 Å². The number of hydrogen-bond donors (Lipinski definition) is 0. The number of aryl methyl sites for hydroxylation is 1. The largest absolute Gasteiger partial charge is 0.339 e. The highest BCUT2D eigenvalue weighted by Gasteiger charge is 2.32. The Balaban J connectivity index is 1.66. The van der Waals surface area contributed by atoms with Crippen molar-refractivity contribution >= 4 is 21.4 Å². The topological polar surface area (TPSA) is 50.5 Å². The molecule has 0 bridgehead atoms. The molecule has 0 saturated heterocycles. The smallest absolute Gasteiger partial charge is 0.275 e. The van der Waals surface area contributed by atoms with E-state index in [1.807, 2.05) is 14.0 Å². The highest BCUT2D eigenvalue weighted by Crippen LogP contribution is 2.47. The summed E-state index contributed by atoms with van der Waals surface area (Å²) in [7, 11) is 2.03. The third-order valence-corrected chi connectivity index (χ3v) is 6.14. The molecule has 0 N–H and O–H groups in total. The van der Waals surface area contributed by atoms with Crippen LogP contribution < -0.4 is 10.5 Å². The standard InChI is InChI=1S/C21H18N4OS/c1-3-13-12-18(26)25-20(22-13)27-21(23-25)24(2)19-16-10-6-4-8-14(16)15-9-5-7-11-17(15)19/h4-12,19H,3H2,1-2H3. The minimum absolute atomic E-state index is 0.0688. The Kier molecular flexibility index (Phi) is 3.62. The molecule has 0 radical (unpaired) electrons. The van der Waals surface area contributed by atoms with Gasteiger partial charge >= 0.3 is 0 Å². The van der Waals surface area contributed by atoms with Crippen LogP contribution in [0.3, 0.4) is 0 Å². The van der Waals surface area contributed by atoms with Gasteiger partial charge < -0.3 is 4.90 Å². The molecule has 6 heteroatoms. The fraction of sp³-hybridized carbons (Fsp3) is 0.190. The van der Waals surface area contributed by atoms with E-state index in [0.29, 0.717) is 4.96 Å². The lowest BCUT2D eigenvalue weighted by Crippen LogP contribution is -2.24. The first-order valence-corrected chi connectivity index (χ1v) is 9.80. The molecule has 0 saturated carbocycles. The maximum absolute atomic E-state index is 12.4. The first-order chi connectivity index (χ1) is 13.2. The second-order valence-electron chi connectivity index (χ2n) is 6.71. The number of fused-ring (bicyclic) bond motifs is 4. The summed E-state index contributed by atoms with van der Waals surface area (Å²) < 4.78 is 1.41. The Morgan fingerprint density at radius 3 is 2.33 bits per heavy atom.